The Morgan fingerprint density at radius 1 is 0.893 bits per heavy atom. The molecular formula is C26H48O2. The molecule has 0 N–H and O–H groups in total. The van der Waals surface area contributed by atoms with Crippen molar-refractivity contribution < 1.29 is 9.53 Å². The summed E-state index contributed by atoms with van der Waals surface area (Å²) in [5, 5.41) is 0. The summed E-state index contributed by atoms with van der Waals surface area (Å²) >= 11 is 0. The Morgan fingerprint density at radius 2 is 1.32 bits per heavy atom. The van der Waals surface area contributed by atoms with Crippen LogP contribution in [0.2, 0.25) is 0 Å². The van der Waals surface area contributed by atoms with Crippen molar-refractivity contribution in [2.24, 2.45) is 5.92 Å². The van der Waals surface area contributed by atoms with E-state index in [9.17, 15) is 4.79 Å². The van der Waals surface area contributed by atoms with Gasteiger partial charge in [0.05, 0.1) is 6.61 Å². The van der Waals surface area contributed by atoms with Crippen LogP contribution in [-0.4, -0.2) is 12.6 Å². The molecule has 0 amide bonds. The number of hydrogen-bond acceptors (Lipinski definition) is 2. The highest BCUT2D eigenvalue weighted by atomic mass is 16.5. The minimum absolute atomic E-state index is 0.0891. The monoisotopic (exact) mass is 392 g/mol. The standard InChI is InChI=1S/C22H36O2.2C2H6/c1-9-16(2)15-24-20(23)11-10-17-12-18(21(3,4)5)14-19(13-17)22(6,7)8;2*1-2/h12-14,16H,9-11,15H2,1-8H3;2*1-2H3. The normalized spacial score (nSPS) is 12.1. The van der Waals surface area contributed by atoms with Gasteiger partial charge in [0.2, 0.25) is 0 Å². The van der Waals surface area contributed by atoms with Gasteiger partial charge in [-0.25, -0.2) is 0 Å². The van der Waals surface area contributed by atoms with Gasteiger partial charge in [-0.2, -0.15) is 0 Å². The van der Waals surface area contributed by atoms with Gasteiger partial charge in [0.1, 0.15) is 0 Å². The maximum Gasteiger partial charge on any atom is 0.306 e. The van der Waals surface area contributed by atoms with Crippen molar-refractivity contribution in [1.29, 1.82) is 0 Å². The highest BCUT2D eigenvalue weighted by Crippen LogP contribution is 2.30. The van der Waals surface area contributed by atoms with Crippen molar-refractivity contribution in [2.75, 3.05) is 6.61 Å². The molecule has 0 aliphatic carbocycles. The predicted molar refractivity (Wildman–Crippen MR) is 125 cm³/mol. The molecule has 0 aliphatic rings. The van der Waals surface area contributed by atoms with E-state index in [-0.39, 0.29) is 16.8 Å². The quantitative estimate of drug-likeness (QED) is 0.461. The predicted octanol–water partition coefficient (Wildman–Crippen LogP) is 7.86. The molecule has 0 heterocycles. The summed E-state index contributed by atoms with van der Waals surface area (Å²) in [5.41, 5.74) is 4.10. The second kappa shape index (κ2) is 13.8. The number of rotatable bonds is 6. The fraction of sp³-hybridized carbons (Fsp3) is 0.731. The van der Waals surface area contributed by atoms with Gasteiger partial charge in [0, 0.05) is 6.42 Å². The fourth-order valence-corrected chi connectivity index (χ4v) is 2.37. The van der Waals surface area contributed by atoms with E-state index < -0.39 is 0 Å². The van der Waals surface area contributed by atoms with Crippen LogP contribution < -0.4 is 0 Å². The van der Waals surface area contributed by atoms with Gasteiger partial charge in [0.15, 0.2) is 0 Å². The molecule has 0 saturated heterocycles. The van der Waals surface area contributed by atoms with E-state index in [0.29, 0.717) is 18.9 Å². The number of hydrogen-bond donors (Lipinski definition) is 0. The fourth-order valence-electron chi connectivity index (χ4n) is 2.37. The van der Waals surface area contributed by atoms with Crippen LogP contribution in [0.25, 0.3) is 0 Å². The molecule has 164 valence electrons. The van der Waals surface area contributed by atoms with Gasteiger partial charge in [-0.3, -0.25) is 4.79 Å². The van der Waals surface area contributed by atoms with E-state index in [4.69, 9.17) is 4.74 Å². The lowest BCUT2D eigenvalue weighted by atomic mass is 9.79. The van der Waals surface area contributed by atoms with Crippen LogP contribution in [0.15, 0.2) is 18.2 Å². The van der Waals surface area contributed by atoms with Gasteiger partial charge < -0.3 is 4.74 Å². The summed E-state index contributed by atoms with van der Waals surface area (Å²) in [6.45, 7) is 26.2. The summed E-state index contributed by atoms with van der Waals surface area (Å²) in [6.07, 6.45) is 2.23. The van der Waals surface area contributed by atoms with Crippen LogP contribution in [-0.2, 0) is 26.8 Å². The molecule has 1 unspecified atom stereocenters. The second-order valence-corrected chi connectivity index (χ2v) is 9.12. The van der Waals surface area contributed by atoms with Gasteiger partial charge >= 0.3 is 5.97 Å². The van der Waals surface area contributed by atoms with E-state index in [1.807, 2.05) is 27.7 Å². The molecule has 0 saturated carbocycles. The van der Waals surface area contributed by atoms with Crippen molar-refractivity contribution >= 4 is 5.97 Å². The lowest BCUT2D eigenvalue weighted by molar-refractivity contribution is -0.144. The summed E-state index contributed by atoms with van der Waals surface area (Å²) < 4.78 is 5.37. The molecule has 1 rings (SSSR count). The van der Waals surface area contributed by atoms with E-state index in [0.717, 1.165) is 12.8 Å². The summed E-state index contributed by atoms with van der Waals surface area (Å²) in [4.78, 5) is 12.0. The lowest BCUT2D eigenvalue weighted by Gasteiger charge is -2.26. The number of benzene rings is 1. The SMILES string of the molecule is CC.CC.CCC(C)COC(=O)CCc1cc(C(C)(C)C)cc(C(C)(C)C)c1. The zero-order chi connectivity index (χ0) is 22.5. The summed E-state index contributed by atoms with van der Waals surface area (Å²) in [6, 6.07) is 6.80. The van der Waals surface area contributed by atoms with Gasteiger partial charge in [-0.15, -0.1) is 0 Å². The topological polar surface area (TPSA) is 26.3 Å². The van der Waals surface area contributed by atoms with Crippen LogP contribution in [0.1, 0.15) is 113 Å². The van der Waals surface area contributed by atoms with Crippen LogP contribution in [0.4, 0.5) is 0 Å². The molecule has 0 radical (unpaired) electrons. The average molecular weight is 393 g/mol. The van der Waals surface area contributed by atoms with Crippen molar-refractivity contribution in [2.45, 2.75) is 113 Å². The van der Waals surface area contributed by atoms with Crippen molar-refractivity contribution in [1.82, 2.24) is 0 Å². The lowest BCUT2D eigenvalue weighted by Crippen LogP contribution is -2.17. The Morgan fingerprint density at radius 3 is 1.68 bits per heavy atom. The average Bonchev–Trinajstić information content (AvgIpc) is 2.66. The molecule has 1 atom stereocenters. The first kappa shape index (κ1) is 28.9. The third-order valence-electron chi connectivity index (χ3n) is 4.57. The van der Waals surface area contributed by atoms with E-state index in [1.54, 1.807) is 0 Å². The number of aryl methyl sites for hydroxylation is 1. The first-order chi connectivity index (χ1) is 12.9. The molecule has 0 bridgehead atoms. The molecule has 0 aromatic heterocycles. The maximum absolute atomic E-state index is 12.0. The van der Waals surface area contributed by atoms with Crippen molar-refractivity contribution in [3.63, 3.8) is 0 Å². The Bertz CT molecular complexity index is 512. The maximum atomic E-state index is 12.0. The Kier molecular flexibility index (Phi) is 14.2. The molecule has 1 aromatic carbocycles. The number of ether oxygens (including phenoxy) is 1. The zero-order valence-corrected chi connectivity index (χ0v) is 21.0. The molecule has 2 nitrogen and oxygen atoms in total. The van der Waals surface area contributed by atoms with Gasteiger partial charge in [0.25, 0.3) is 0 Å². The third kappa shape index (κ3) is 11.5. The third-order valence-corrected chi connectivity index (χ3v) is 4.57. The van der Waals surface area contributed by atoms with Crippen LogP contribution in [0.5, 0.6) is 0 Å². The van der Waals surface area contributed by atoms with E-state index >= 15 is 0 Å². The molecule has 0 aliphatic heterocycles. The Balaban J connectivity index is 0. The molecule has 2 heteroatoms. The van der Waals surface area contributed by atoms with Gasteiger partial charge in [-0.05, 0) is 39.9 Å². The minimum Gasteiger partial charge on any atom is -0.465 e. The second-order valence-electron chi connectivity index (χ2n) is 9.12. The van der Waals surface area contributed by atoms with Crippen LogP contribution in [0.3, 0.4) is 0 Å². The molecule has 1 aromatic rings. The molecular weight excluding hydrogens is 344 g/mol. The number of carbonyl (C=O) groups is 1. The molecule has 28 heavy (non-hydrogen) atoms. The Labute approximate surface area is 176 Å². The van der Waals surface area contributed by atoms with Crippen LogP contribution >= 0.6 is 0 Å². The Hall–Kier alpha value is -1.31. The molecule has 0 spiro atoms. The minimum atomic E-state index is -0.0891. The first-order valence-electron chi connectivity index (χ1n) is 11.2. The van der Waals surface area contributed by atoms with Gasteiger partial charge in [-0.1, -0.05) is 108 Å². The zero-order valence-electron chi connectivity index (χ0n) is 21.0. The van der Waals surface area contributed by atoms with Crippen molar-refractivity contribution in [3.8, 4) is 0 Å². The first-order valence-corrected chi connectivity index (χ1v) is 11.2. The van der Waals surface area contributed by atoms with E-state index in [2.05, 4.69) is 73.6 Å². The van der Waals surface area contributed by atoms with Crippen LogP contribution in [0, 0.1) is 5.92 Å². The highest BCUT2D eigenvalue weighted by molar-refractivity contribution is 5.69. The molecule has 0 fully saturated rings. The largest absolute Gasteiger partial charge is 0.465 e. The number of carbonyl (C=O) groups excluding carboxylic acids is 1. The summed E-state index contributed by atoms with van der Waals surface area (Å²) in [7, 11) is 0. The summed E-state index contributed by atoms with van der Waals surface area (Å²) in [5.74, 6) is 0.347. The highest BCUT2D eigenvalue weighted by Gasteiger charge is 2.20. The van der Waals surface area contributed by atoms with E-state index in [1.165, 1.54) is 16.7 Å². The van der Waals surface area contributed by atoms with Crippen molar-refractivity contribution in [3.05, 3.63) is 34.9 Å². The smallest absolute Gasteiger partial charge is 0.306 e. The number of esters is 1.